The van der Waals surface area contributed by atoms with E-state index in [2.05, 4.69) is 25.7 Å². The number of urea groups is 1. The van der Waals surface area contributed by atoms with E-state index in [4.69, 9.17) is 4.52 Å². The van der Waals surface area contributed by atoms with Gasteiger partial charge in [-0.3, -0.25) is 19.9 Å². The molecule has 1 aromatic carbocycles. The molecule has 0 unspecified atom stereocenters. The minimum Gasteiger partial charge on any atom is -0.341 e. The molecule has 1 fully saturated rings. The van der Waals surface area contributed by atoms with Crippen LogP contribution in [0.4, 0.5) is 4.79 Å². The Balaban J connectivity index is 1.48. The average Bonchev–Trinajstić information content (AvgIpc) is 3.17. The number of carbonyl (C=O) groups excluding carboxylic acids is 2. The van der Waals surface area contributed by atoms with E-state index in [1.54, 1.807) is 0 Å². The molecule has 2 heterocycles. The summed E-state index contributed by atoms with van der Waals surface area (Å²) in [5, 5.41) is 8.75. The van der Waals surface area contributed by atoms with E-state index in [0.29, 0.717) is 18.1 Å². The van der Waals surface area contributed by atoms with E-state index in [1.807, 2.05) is 42.2 Å². The third-order valence-corrected chi connectivity index (χ3v) is 4.85. The van der Waals surface area contributed by atoms with Crippen LogP contribution in [-0.2, 0) is 11.2 Å². The van der Waals surface area contributed by atoms with Crippen molar-refractivity contribution in [2.45, 2.75) is 19.4 Å². The molecular weight excluding hydrogens is 360 g/mol. The lowest BCUT2D eigenvalue weighted by molar-refractivity contribution is -0.121. The molecule has 0 aliphatic carbocycles. The van der Waals surface area contributed by atoms with Crippen molar-refractivity contribution in [2.24, 2.45) is 0 Å². The van der Waals surface area contributed by atoms with Gasteiger partial charge in [0.15, 0.2) is 5.82 Å². The van der Waals surface area contributed by atoms with Crippen molar-refractivity contribution in [1.82, 2.24) is 30.6 Å². The Hall–Kier alpha value is -2.78. The molecular formula is C19H26N6O3. The summed E-state index contributed by atoms with van der Waals surface area (Å²) < 4.78 is 5.47. The van der Waals surface area contributed by atoms with Gasteiger partial charge in [-0.15, -0.1) is 0 Å². The number of nitrogens with one attached hydrogen (secondary N) is 2. The molecule has 0 bridgehead atoms. The van der Waals surface area contributed by atoms with Crippen LogP contribution < -0.4 is 10.6 Å². The Morgan fingerprint density at radius 2 is 1.89 bits per heavy atom. The highest BCUT2D eigenvalue weighted by Crippen LogP contribution is 2.20. The predicted molar refractivity (Wildman–Crippen MR) is 103 cm³/mol. The summed E-state index contributed by atoms with van der Waals surface area (Å²) >= 11 is 0. The number of nitrogens with zero attached hydrogens (tertiary/aromatic N) is 4. The molecule has 1 aliphatic rings. The van der Waals surface area contributed by atoms with Crippen molar-refractivity contribution in [3.8, 4) is 0 Å². The third kappa shape index (κ3) is 5.37. The van der Waals surface area contributed by atoms with Crippen molar-refractivity contribution in [1.29, 1.82) is 0 Å². The van der Waals surface area contributed by atoms with Gasteiger partial charge >= 0.3 is 6.03 Å². The zero-order valence-electron chi connectivity index (χ0n) is 16.2. The molecule has 9 heteroatoms. The Morgan fingerprint density at radius 3 is 2.57 bits per heavy atom. The van der Waals surface area contributed by atoms with Crippen LogP contribution in [0.1, 0.15) is 30.2 Å². The van der Waals surface area contributed by atoms with Crippen LogP contribution in [-0.4, -0.2) is 71.7 Å². The predicted octanol–water partition coefficient (Wildman–Crippen LogP) is 0.795. The Labute approximate surface area is 164 Å². The number of aromatic nitrogens is 2. The molecule has 0 radical (unpaired) electrons. The van der Waals surface area contributed by atoms with E-state index >= 15 is 0 Å². The van der Waals surface area contributed by atoms with Crippen molar-refractivity contribution in [2.75, 3.05) is 39.8 Å². The fraction of sp³-hybridized carbons (Fsp3) is 0.474. The molecule has 1 saturated heterocycles. The molecule has 3 rings (SSSR count). The molecule has 0 saturated carbocycles. The first kappa shape index (κ1) is 20.0. The standard InChI is InChI=1S/C19H26N6O3/c1-14(18-21-16(23-28-18)12-15-6-4-3-5-7-15)25-10-8-24(9-11-25)13-17(26)22-19(27)20-2/h3-7,14H,8-13H2,1-2H3,(H2,20,22,26,27)/t14-/m0/s1. The van der Waals surface area contributed by atoms with Crippen LogP contribution in [0.3, 0.4) is 0 Å². The van der Waals surface area contributed by atoms with Crippen LogP contribution in [0, 0.1) is 0 Å². The summed E-state index contributed by atoms with van der Waals surface area (Å²) in [6.45, 7) is 5.29. The molecule has 1 atom stereocenters. The normalized spacial score (nSPS) is 16.5. The number of imide groups is 1. The lowest BCUT2D eigenvalue weighted by Gasteiger charge is -2.36. The summed E-state index contributed by atoms with van der Waals surface area (Å²) in [5.41, 5.74) is 1.14. The summed E-state index contributed by atoms with van der Waals surface area (Å²) in [6, 6.07) is 9.58. The molecule has 2 aromatic rings. The van der Waals surface area contributed by atoms with E-state index in [0.717, 1.165) is 31.7 Å². The maximum atomic E-state index is 11.8. The van der Waals surface area contributed by atoms with Gasteiger partial charge in [-0.05, 0) is 12.5 Å². The van der Waals surface area contributed by atoms with Gasteiger partial charge in [-0.2, -0.15) is 4.98 Å². The second-order valence-electron chi connectivity index (χ2n) is 6.83. The van der Waals surface area contributed by atoms with E-state index in [9.17, 15) is 9.59 Å². The van der Waals surface area contributed by atoms with E-state index < -0.39 is 6.03 Å². The number of carbonyl (C=O) groups is 2. The lowest BCUT2D eigenvalue weighted by Crippen LogP contribution is -2.51. The fourth-order valence-corrected chi connectivity index (χ4v) is 3.18. The highest BCUT2D eigenvalue weighted by molar-refractivity contribution is 5.95. The van der Waals surface area contributed by atoms with Crippen LogP contribution in [0.15, 0.2) is 34.9 Å². The van der Waals surface area contributed by atoms with Crippen molar-refractivity contribution < 1.29 is 14.1 Å². The number of hydrogen-bond acceptors (Lipinski definition) is 7. The van der Waals surface area contributed by atoms with Crippen LogP contribution >= 0.6 is 0 Å². The fourth-order valence-electron chi connectivity index (χ4n) is 3.18. The molecule has 2 N–H and O–H groups in total. The van der Waals surface area contributed by atoms with Gasteiger partial charge < -0.3 is 9.84 Å². The van der Waals surface area contributed by atoms with Gasteiger partial charge in [0.2, 0.25) is 11.8 Å². The second-order valence-corrected chi connectivity index (χ2v) is 6.83. The number of rotatable bonds is 6. The van der Waals surface area contributed by atoms with E-state index in [1.165, 1.54) is 7.05 Å². The van der Waals surface area contributed by atoms with E-state index in [-0.39, 0.29) is 18.5 Å². The Kier molecular flexibility index (Phi) is 6.72. The highest BCUT2D eigenvalue weighted by atomic mass is 16.5. The average molecular weight is 386 g/mol. The van der Waals surface area contributed by atoms with Gasteiger partial charge in [0.05, 0.1) is 12.6 Å². The molecule has 0 spiro atoms. The number of hydrogen-bond donors (Lipinski definition) is 2. The van der Waals surface area contributed by atoms with Gasteiger partial charge in [0.25, 0.3) is 0 Å². The maximum absolute atomic E-state index is 11.8. The first-order chi connectivity index (χ1) is 13.5. The van der Waals surface area contributed by atoms with Crippen LogP contribution in [0.5, 0.6) is 0 Å². The van der Waals surface area contributed by atoms with Crippen molar-refractivity contribution >= 4 is 11.9 Å². The summed E-state index contributed by atoms with van der Waals surface area (Å²) in [4.78, 5) is 31.8. The maximum Gasteiger partial charge on any atom is 0.321 e. The molecule has 1 aliphatic heterocycles. The smallest absolute Gasteiger partial charge is 0.321 e. The molecule has 150 valence electrons. The quantitative estimate of drug-likeness (QED) is 0.757. The highest BCUT2D eigenvalue weighted by Gasteiger charge is 2.26. The SMILES string of the molecule is CNC(=O)NC(=O)CN1CCN([C@@H](C)c2nc(Cc3ccccc3)no2)CC1. The molecule has 3 amide bonds. The number of amides is 3. The van der Waals surface area contributed by atoms with Gasteiger partial charge in [-0.1, -0.05) is 35.5 Å². The van der Waals surface area contributed by atoms with Crippen LogP contribution in [0.25, 0.3) is 0 Å². The van der Waals surface area contributed by atoms with Crippen LogP contribution in [0.2, 0.25) is 0 Å². The largest absolute Gasteiger partial charge is 0.341 e. The summed E-state index contributed by atoms with van der Waals surface area (Å²) in [5.74, 6) is 0.984. The molecule has 1 aromatic heterocycles. The Morgan fingerprint density at radius 1 is 1.18 bits per heavy atom. The Bertz CT molecular complexity index is 786. The lowest BCUT2D eigenvalue weighted by atomic mass is 10.1. The zero-order valence-corrected chi connectivity index (χ0v) is 16.2. The first-order valence-corrected chi connectivity index (χ1v) is 9.39. The number of piperazine rings is 1. The monoisotopic (exact) mass is 386 g/mol. The van der Waals surface area contributed by atoms with Crippen molar-refractivity contribution in [3.63, 3.8) is 0 Å². The topological polar surface area (TPSA) is 104 Å². The second kappa shape index (κ2) is 9.43. The minimum absolute atomic E-state index is 0.0128. The van der Waals surface area contributed by atoms with Crippen molar-refractivity contribution in [3.05, 3.63) is 47.6 Å². The summed E-state index contributed by atoms with van der Waals surface area (Å²) in [7, 11) is 1.48. The third-order valence-electron chi connectivity index (χ3n) is 4.85. The number of benzene rings is 1. The molecule has 28 heavy (non-hydrogen) atoms. The van der Waals surface area contributed by atoms with Gasteiger partial charge in [0.1, 0.15) is 0 Å². The summed E-state index contributed by atoms with van der Waals surface area (Å²) in [6.07, 6.45) is 0.644. The molecule has 9 nitrogen and oxygen atoms in total. The van der Waals surface area contributed by atoms with Gasteiger partial charge in [0, 0.05) is 39.6 Å². The minimum atomic E-state index is -0.486. The van der Waals surface area contributed by atoms with Gasteiger partial charge in [-0.25, -0.2) is 4.79 Å². The zero-order chi connectivity index (χ0) is 19.9. The first-order valence-electron chi connectivity index (χ1n) is 9.39.